The van der Waals surface area contributed by atoms with Gasteiger partial charge in [-0.15, -0.1) is 0 Å². The average Bonchev–Trinajstić information content (AvgIpc) is 3.16. The van der Waals surface area contributed by atoms with Crippen LogP contribution in [0, 0.1) is 0 Å². The molecule has 13 nitrogen and oxygen atoms in total. The molecule has 3 aromatic heterocycles. The Balaban J connectivity index is 0.000000237. The molecule has 13 heteroatoms. The third-order valence-electron chi connectivity index (χ3n) is 3.61. The number of carboxylic acid groups (broad SMARTS) is 1. The van der Waals surface area contributed by atoms with Crippen molar-refractivity contribution in [1.82, 2.24) is 29.5 Å². The summed E-state index contributed by atoms with van der Waals surface area (Å²) >= 11 is 0. The number of aliphatic carboxylic acids is 1. The van der Waals surface area contributed by atoms with Crippen LogP contribution in [-0.2, 0) is 17.8 Å². The first kappa shape index (κ1) is 20.6. The number of imidazole rings is 1. The second-order valence-electron chi connectivity index (χ2n) is 5.55. The van der Waals surface area contributed by atoms with Crippen LogP contribution in [0.25, 0.3) is 11.0 Å². The Morgan fingerprint density at radius 1 is 1.36 bits per heavy atom. The molecule has 28 heavy (non-hydrogen) atoms. The predicted molar refractivity (Wildman–Crippen MR) is 102 cm³/mol. The zero-order valence-electron chi connectivity index (χ0n) is 15.1. The Labute approximate surface area is 157 Å². The van der Waals surface area contributed by atoms with Crippen molar-refractivity contribution >= 4 is 28.8 Å². The van der Waals surface area contributed by atoms with Gasteiger partial charge < -0.3 is 26.9 Å². The minimum absolute atomic E-state index is 0.0852. The van der Waals surface area contributed by atoms with Crippen LogP contribution in [0.1, 0.15) is 12.1 Å². The Hall–Kier alpha value is -3.74. The van der Waals surface area contributed by atoms with Gasteiger partial charge in [0.2, 0.25) is 5.95 Å². The van der Waals surface area contributed by atoms with Crippen LogP contribution in [0.5, 0.6) is 0 Å². The maximum absolute atomic E-state index is 11.8. The van der Waals surface area contributed by atoms with Crippen molar-refractivity contribution in [3.63, 3.8) is 0 Å². The Kier molecular flexibility index (Phi) is 6.81. The molecule has 0 aliphatic heterocycles. The molecule has 8 N–H and O–H groups in total. The monoisotopic (exact) mass is 391 g/mol. The van der Waals surface area contributed by atoms with Crippen molar-refractivity contribution in [2.75, 3.05) is 24.6 Å². The zero-order chi connectivity index (χ0) is 20.7. The average molecular weight is 391 g/mol. The first-order valence-electron chi connectivity index (χ1n) is 8.24. The number of hydrogen-bond donors (Lipinski definition) is 6. The van der Waals surface area contributed by atoms with Gasteiger partial charge in [-0.25, -0.2) is 9.78 Å². The van der Waals surface area contributed by atoms with E-state index in [4.69, 9.17) is 16.6 Å². The van der Waals surface area contributed by atoms with Crippen molar-refractivity contribution in [3.8, 4) is 0 Å². The minimum atomic E-state index is -0.783. The number of rotatable bonds is 6. The second-order valence-corrected chi connectivity index (χ2v) is 5.55. The number of nitrogens with zero attached hydrogens (tertiary/aromatic N) is 4. The molecule has 3 aromatic rings. The topological polar surface area (TPSA) is 211 Å². The summed E-state index contributed by atoms with van der Waals surface area (Å²) in [6.45, 7) is 0.437. The van der Waals surface area contributed by atoms with Gasteiger partial charge >= 0.3 is 11.7 Å². The van der Waals surface area contributed by atoms with Gasteiger partial charge in [-0.2, -0.15) is 9.97 Å². The Morgan fingerprint density at radius 3 is 2.68 bits per heavy atom. The minimum Gasteiger partial charge on any atom is -0.481 e. The van der Waals surface area contributed by atoms with E-state index in [-0.39, 0.29) is 42.3 Å². The molecule has 0 saturated heterocycles. The van der Waals surface area contributed by atoms with Crippen LogP contribution in [-0.4, -0.2) is 54.2 Å². The summed E-state index contributed by atoms with van der Waals surface area (Å²) < 4.78 is 1.22. The summed E-state index contributed by atoms with van der Waals surface area (Å²) in [5.74, 6) is -0.683. The summed E-state index contributed by atoms with van der Waals surface area (Å²) in [5, 5.41) is 11.1. The van der Waals surface area contributed by atoms with Gasteiger partial charge in [0.05, 0.1) is 12.7 Å². The highest BCUT2D eigenvalue weighted by Gasteiger charge is 2.13. The van der Waals surface area contributed by atoms with E-state index in [1.807, 2.05) is 0 Å². The number of aromatic amines is 2. The lowest BCUT2D eigenvalue weighted by molar-refractivity contribution is -0.136. The van der Waals surface area contributed by atoms with Crippen molar-refractivity contribution in [1.29, 1.82) is 0 Å². The maximum atomic E-state index is 11.8. The normalized spacial score (nSPS) is 10.4. The van der Waals surface area contributed by atoms with Crippen LogP contribution in [0.3, 0.4) is 0 Å². The molecule has 0 saturated carbocycles. The highest BCUT2D eigenvalue weighted by Crippen LogP contribution is 2.11. The quantitative estimate of drug-likeness (QED) is 0.286. The highest BCUT2D eigenvalue weighted by molar-refractivity contribution is 5.85. The summed E-state index contributed by atoms with van der Waals surface area (Å²) in [6, 6.07) is 0. The van der Waals surface area contributed by atoms with Gasteiger partial charge in [0.25, 0.3) is 5.56 Å². The zero-order valence-corrected chi connectivity index (χ0v) is 15.1. The summed E-state index contributed by atoms with van der Waals surface area (Å²) in [4.78, 5) is 50.4. The lowest BCUT2D eigenvalue weighted by Gasteiger charge is -2.09. The smallest absolute Gasteiger partial charge is 0.351 e. The standard InChI is InChI=1S/C9H13N7O2.C6H8N2O2/c1-12-8-14-6-4(7(17)15-8)5(11)13-9(18)16(6)3-2-10;9-6(10)2-1-5-3-7-4-8-5/h2-3,10H2,1H3,(H2,11,13,18)(H2,12,14,15,17);3-4H,1-2H2,(H,7,8)(H,9,10). The third-order valence-corrected chi connectivity index (χ3v) is 3.61. The van der Waals surface area contributed by atoms with E-state index in [1.165, 1.54) is 10.9 Å². The number of carbonyl (C=O) groups is 1. The first-order valence-corrected chi connectivity index (χ1v) is 8.24. The van der Waals surface area contributed by atoms with Gasteiger partial charge in [-0.1, -0.05) is 0 Å². The fraction of sp³-hybridized carbons (Fsp3) is 0.333. The van der Waals surface area contributed by atoms with Crippen molar-refractivity contribution in [2.24, 2.45) is 5.73 Å². The summed E-state index contributed by atoms with van der Waals surface area (Å²) in [5.41, 5.74) is 11.0. The molecule has 0 aromatic carbocycles. The van der Waals surface area contributed by atoms with Crippen LogP contribution in [0.15, 0.2) is 22.1 Å². The lowest BCUT2D eigenvalue weighted by atomic mass is 10.2. The number of carboxylic acids is 1. The number of nitrogens with two attached hydrogens (primary N) is 2. The molecular weight excluding hydrogens is 370 g/mol. The molecule has 0 spiro atoms. The van der Waals surface area contributed by atoms with E-state index in [1.54, 1.807) is 13.2 Å². The van der Waals surface area contributed by atoms with E-state index < -0.39 is 17.2 Å². The number of aryl methyl sites for hydroxylation is 1. The molecular formula is C15H21N9O4. The van der Waals surface area contributed by atoms with Crippen LogP contribution < -0.4 is 28.0 Å². The second kappa shape index (κ2) is 9.27. The van der Waals surface area contributed by atoms with E-state index in [9.17, 15) is 14.4 Å². The fourth-order valence-electron chi connectivity index (χ4n) is 2.31. The third kappa shape index (κ3) is 4.91. The Bertz CT molecular complexity index is 1060. The number of nitrogens with one attached hydrogen (secondary N) is 3. The Morgan fingerprint density at radius 2 is 2.11 bits per heavy atom. The van der Waals surface area contributed by atoms with E-state index in [2.05, 4.69) is 30.2 Å². The largest absolute Gasteiger partial charge is 0.481 e. The van der Waals surface area contributed by atoms with Crippen molar-refractivity contribution in [3.05, 3.63) is 39.1 Å². The molecule has 0 radical (unpaired) electrons. The fourth-order valence-corrected chi connectivity index (χ4v) is 2.31. The van der Waals surface area contributed by atoms with Crippen LogP contribution >= 0.6 is 0 Å². The molecule has 0 amide bonds. The van der Waals surface area contributed by atoms with Gasteiger partial charge in [0, 0.05) is 32.0 Å². The number of hydrogen-bond acceptors (Lipinski definition) is 9. The molecule has 0 atom stereocenters. The van der Waals surface area contributed by atoms with E-state index in [0.29, 0.717) is 6.42 Å². The molecule has 150 valence electrons. The van der Waals surface area contributed by atoms with Gasteiger partial charge in [-0.3, -0.25) is 19.1 Å². The van der Waals surface area contributed by atoms with Crippen LogP contribution in [0.4, 0.5) is 11.8 Å². The first-order chi connectivity index (χ1) is 13.4. The summed E-state index contributed by atoms with van der Waals surface area (Å²) in [7, 11) is 1.60. The van der Waals surface area contributed by atoms with Crippen molar-refractivity contribution < 1.29 is 9.90 Å². The molecule has 0 aliphatic rings. The molecule has 0 unspecified atom stereocenters. The number of aromatic nitrogens is 6. The maximum Gasteiger partial charge on any atom is 0.351 e. The molecule has 0 aliphatic carbocycles. The molecule has 3 rings (SSSR count). The van der Waals surface area contributed by atoms with E-state index >= 15 is 0 Å². The van der Waals surface area contributed by atoms with Gasteiger partial charge in [0.15, 0.2) is 5.65 Å². The SMILES string of the molecule is CNc1nc2c(c(N)nc(=O)n2CCN)c(=O)[nH]1.O=C(O)CCc1cnc[nH]1. The highest BCUT2D eigenvalue weighted by atomic mass is 16.4. The summed E-state index contributed by atoms with van der Waals surface area (Å²) in [6.07, 6.45) is 3.84. The number of H-pyrrole nitrogens is 2. The van der Waals surface area contributed by atoms with Crippen molar-refractivity contribution in [2.45, 2.75) is 19.4 Å². The number of anilines is 2. The lowest BCUT2D eigenvalue weighted by Crippen LogP contribution is -2.30. The molecule has 0 bridgehead atoms. The van der Waals surface area contributed by atoms with Gasteiger partial charge in [0.1, 0.15) is 11.2 Å². The number of fused-ring (bicyclic) bond motifs is 1. The molecule has 0 fully saturated rings. The van der Waals surface area contributed by atoms with Gasteiger partial charge in [-0.05, 0) is 6.42 Å². The predicted octanol–water partition coefficient (Wildman–Crippen LogP) is -1.51. The number of nitrogen functional groups attached to an aromatic ring is 1. The van der Waals surface area contributed by atoms with E-state index in [0.717, 1.165) is 5.69 Å². The van der Waals surface area contributed by atoms with Crippen LogP contribution in [0.2, 0.25) is 0 Å². The molecule has 3 heterocycles.